The number of carbonyl (C=O) groups is 1. The SMILES string of the molecule is Cc1nc(C(=O)NCCCc2nc(C(C)C)no2)no1. The van der Waals surface area contributed by atoms with Gasteiger partial charge in [0.05, 0.1) is 0 Å². The Morgan fingerprint density at radius 3 is 2.65 bits per heavy atom. The molecule has 0 unspecified atom stereocenters. The Labute approximate surface area is 115 Å². The predicted octanol–water partition coefficient (Wildman–Crippen LogP) is 1.25. The van der Waals surface area contributed by atoms with Crippen LogP contribution in [0.4, 0.5) is 0 Å². The van der Waals surface area contributed by atoms with Crippen LogP contribution in [-0.4, -0.2) is 32.7 Å². The lowest BCUT2D eigenvalue weighted by Gasteiger charge is -1.99. The molecular formula is C12H17N5O3. The highest BCUT2D eigenvalue weighted by molar-refractivity contribution is 5.90. The Bertz CT molecular complexity index is 575. The zero-order valence-corrected chi connectivity index (χ0v) is 11.7. The van der Waals surface area contributed by atoms with E-state index in [0.717, 1.165) is 0 Å². The molecule has 2 rings (SSSR count). The first-order chi connectivity index (χ1) is 9.56. The molecule has 0 saturated carbocycles. The van der Waals surface area contributed by atoms with Gasteiger partial charge in [0, 0.05) is 25.8 Å². The van der Waals surface area contributed by atoms with Crippen molar-refractivity contribution in [1.29, 1.82) is 0 Å². The molecule has 0 fully saturated rings. The van der Waals surface area contributed by atoms with E-state index in [4.69, 9.17) is 9.05 Å². The second kappa shape index (κ2) is 6.27. The molecule has 20 heavy (non-hydrogen) atoms. The molecule has 8 heteroatoms. The zero-order chi connectivity index (χ0) is 14.5. The Kier molecular flexibility index (Phi) is 4.44. The highest BCUT2D eigenvalue weighted by Gasteiger charge is 2.12. The fourth-order valence-electron chi connectivity index (χ4n) is 1.52. The number of hydrogen-bond acceptors (Lipinski definition) is 7. The van der Waals surface area contributed by atoms with Crippen molar-refractivity contribution in [3.63, 3.8) is 0 Å². The summed E-state index contributed by atoms with van der Waals surface area (Å²) < 4.78 is 9.84. The van der Waals surface area contributed by atoms with Gasteiger partial charge in [-0.15, -0.1) is 0 Å². The molecule has 8 nitrogen and oxygen atoms in total. The van der Waals surface area contributed by atoms with E-state index in [9.17, 15) is 4.79 Å². The fourth-order valence-corrected chi connectivity index (χ4v) is 1.52. The number of carbonyl (C=O) groups excluding carboxylic acids is 1. The maximum atomic E-state index is 11.6. The second-order valence-corrected chi connectivity index (χ2v) is 4.70. The third-order valence-electron chi connectivity index (χ3n) is 2.58. The van der Waals surface area contributed by atoms with Gasteiger partial charge in [-0.05, 0) is 6.42 Å². The molecule has 0 aliphatic carbocycles. The normalized spacial score (nSPS) is 11.0. The molecule has 2 aromatic rings. The van der Waals surface area contributed by atoms with Crippen LogP contribution in [0.15, 0.2) is 9.05 Å². The van der Waals surface area contributed by atoms with Gasteiger partial charge in [0.1, 0.15) is 0 Å². The van der Waals surface area contributed by atoms with Crippen molar-refractivity contribution in [3.05, 3.63) is 23.4 Å². The summed E-state index contributed by atoms with van der Waals surface area (Å²) in [5.41, 5.74) is 0. The van der Waals surface area contributed by atoms with Crippen molar-refractivity contribution < 1.29 is 13.8 Å². The van der Waals surface area contributed by atoms with Crippen LogP contribution < -0.4 is 5.32 Å². The number of hydrogen-bond donors (Lipinski definition) is 1. The van der Waals surface area contributed by atoms with E-state index in [2.05, 4.69) is 25.6 Å². The molecule has 0 spiro atoms. The van der Waals surface area contributed by atoms with E-state index >= 15 is 0 Å². The predicted molar refractivity (Wildman–Crippen MR) is 68.1 cm³/mol. The fraction of sp³-hybridized carbons (Fsp3) is 0.583. The van der Waals surface area contributed by atoms with Crippen molar-refractivity contribution in [2.24, 2.45) is 0 Å². The maximum absolute atomic E-state index is 11.6. The minimum atomic E-state index is -0.352. The smallest absolute Gasteiger partial charge is 0.292 e. The first-order valence-corrected chi connectivity index (χ1v) is 6.47. The van der Waals surface area contributed by atoms with Crippen LogP contribution in [0, 0.1) is 6.92 Å². The third-order valence-corrected chi connectivity index (χ3v) is 2.58. The molecule has 0 aliphatic rings. The zero-order valence-electron chi connectivity index (χ0n) is 11.7. The molecule has 0 aromatic carbocycles. The highest BCUT2D eigenvalue weighted by atomic mass is 16.5. The van der Waals surface area contributed by atoms with Crippen molar-refractivity contribution in [3.8, 4) is 0 Å². The van der Waals surface area contributed by atoms with Gasteiger partial charge in [-0.25, -0.2) is 0 Å². The van der Waals surface area contributed by atoms with Crippen LogP contribution in [0.2, 0.25) is 0 Å². The van der Waals surface area contributed by atoms with E-state index in [1.54, 1.807) is 6.92 Å². The average molecular weight is 279 g/mol. The van der Waals surface area contributed by atoms with Crippen LogP contribution in [0.3, 0.4) is 0 Å². The second-order valence-electron chi connectivity index (χ2n) is 4.70. The molecule has 2 heterocycles. The highest BCUT2D eigenvalue weighted by Crippen LogP contribution is 2.10. The Morgan fingerprint density at radius 1 is 1.25 bits per heavy atom. The van der Waals surface area contributed by atoms with Gasteiger partial charge in [-0.2, -0.15) is 9.97 Å². The number of rotatable bonds is 6. The molecule has 0 bridgehead atoms. The summed E-state index contributed by atoms with van der Waals surface area (Å²) >= 11 is 0. The van der Waals surface area contributed by atoms with Gasteiger partial charge < -0.3 is 14.4 Å². The van der Waals surface area contributed by atoms with Crippen LogP contribution in [-0.2, 0) is 6.42 Å². The van der Waals surface area contributed by atoms with Crippen LogP contribution in [0.1, 0.15) is 54.4 Å². The van der Waals surface area contributed by atoms with E-state index in [-0.39, 0.29) is 17.6 Å². The lowest BCUT2D eigenvalue weighted by Crippen LogP contribution is -2.25. The summed E-state index contributed by atoms with van der Waals surface area (Å²) in [6, 6.07) is 0. The monoisotopic (exact) mass is 279 g/mol. The minimum absolute atomic E-state index is 0.0439. The number of nitrogens with one attached hydrogen (secondary N) is 1. The van der Waals surface area contributed by atoms with Gasteiger partial charge in [-0.1, -0.05) is 24.2 Å². The van der Waals surface area contributed by atoms with Crippen LogP contribution in [0.5, 0.6) is 0 Å². The van der Waals surface area contributed by atoms with Gasteiger partial charge in [0.15, 0.2) is 5.82 Å². The molecule has 2 aromatic heterocycles. The van der Waals surface area contributed by atoms with E-state index in [1.807, 2.05) is 13.8 Å². The minimum Gasteiger partial charge on any atom is -0.349 e. The van der Waals surface area contributed by atoms with E-state index < -0.39 is 0 Å². The molecule has 1 amide bonds. The average Bonchev–Trinajstić information content (AvgIpc) is 3.03. The topological polar surface area (TPSA) is 107 Å². The molecule has 0 radical (unpaired) electrons. The summed E-state index contributed by atoms with van der Waals surface area (Å²) in [6.45, 7) is 6.11. The van der Waals surface area contributed by atoms with Gasteiger partial charge in [0.25, 0.3) is 11.7 Å². The molecule has 108 valence electrons. The quantitative estimate of drug-likeness (QED) is 0.793. The lowest BCUT2D eigenvalue weighted by molar-refractivity contribution is 0.0939. The van der Waals surface area contributed by atoms with Gasteiger partial charge in [-0.3, -0.25) is 4.79 Å². The standard InChI is InChI=1S/C12H17N5O3/c1-7(2)10-15-9(20-16-10)5-4-6-13-12(18)11-14-8(3)19-17-11/h7H,4-6H2,1-3H3,(H,13,18). The molecule has 0 atom stereocenters. The number of amides is 1. The molecule has 0 saturated heterocycles. The third kappa shape index (κ3) is 3.62. The summed E-state index contributed by atoms with van der Waals surface area (Å²) in [4.78, 5) is 19.7. The largest absolute Gasteiger partial charge is 0.349 e. The van der Waals surface area contributed by atoms with Crippen molar-refractivity contribution in [2.45, 2.75) is 39.5 Å². The van der Waals surface area contributed by atoms with Gasteiger partial charge in [0.2, 0.25) is 11.8 Å². The lowest BCUT2D eigenvalue weighted by atomic mass is 10.2. The van der Waals surface area contributed by atoms with Crippen LogP contribution >= 0.6 is 0 Å². The first kappa shape index (κ1) is 14.2. The summed E-state index contributed by atoms with van der Waals surface area (Å²) in [5, 5.41) is 10.1. The van der Waals surface area contributed by atoms with Crippen molar-refractivity contribution >= 4 is 5.91 Å². The van der Waals surface area contributed by atoms with Crippen LogP contribution in [0.25, 0.3) is 0 Å². The van der Waals surface area contributed by atoms with Gasteiger partial charge >= 0.3 is 0 Å². The Morgan fingerprint density at radius 2 is 2.05 bits per heavy atom. The number of aryl methyl sites for hydroxylation is 2. The molecular weight excluding hydrogens is 262 g/mol. The first-order valence-electron chi connectivity index (χ1n) is 6.47. The summed E-state index contributed by atoms with van der Waals surface area (Å²) in [7, 11) is 0. The Hall–Kier alpha value is -2.25. The molecule has 1 N–H and O–H groups in total. The Balaban J connectivity index is 1.72. The number of nitrogens with zero attached hydrogens (tertiary/aromatic N) is 4. The summed E-state index contributed by atoms with van der Waals surface area (Å²) in [6.07, 6.45) is 1.31. The maximum Gasteiger partial charge on any atom is 0.292 e. The number of aromatic nitrogens is 4. The molecule has 0 aliphatic heterocycles. The van der Waals surface area contributed by atoms with E-state index in [0.29, 0.717) is 37.0 Å². The van der Waals surface area contributed by atoms with Crippen molar-refractivity contribution in [1.82, 2.24) is 25.6 Å². The summed E-state index contributed by atoms with van der Waals surface area (Å²) in [5.74, 6) is 1.58. The van der Waals surface area contributed by atoms with Crippen molar-refractivity contribution in [2.75, 3.05) is 6.54 Å². The van der Waals surface area contributed by atoms with E-state index in [1.165, 1.54) is 0 Å².